The van der Waals surface area contributed by atoms with E-state index in [0.29, 0.717) is 6.54 Å². The number of nitrogens with two attached hydrogens (primary N) is 2. The van der Waals surface area contributed by atoms with Crippen molar-refractivity contribution in [3.05, 3.63) is 95.6 Å². The van der Waals surface area contributed by atoms with Crippen LogP contribution in [0.15, 0.2) is 78.9 Å². The molecule has 0 heterocycles. The number of nitrogens with one attached hydrogen (secondary N) is 1. The minimum atomic E-state index is 0.640. The first kappa shape index (κ1) is 32.5. The van der Waals surface area contributed by atoms with Crippen molar-refractivity contribution < 1.29 is 0 Å². The summed E-state index contributed by atoms with van der Waals surface area (Å²) < 4.78 is 0. The number of benzene rings is 2. The summed E-state index contributed by atoms with van der Waals surface area (Å²) in [5, 5.41) is 3.13. The summed E-state index contributed by atoms with van der Waals surface area (Å²) in [5.41, 5.74) is 14.1. The third-order valence-electron chi connectivity index (χ3n) is 3.36. The zero-order valence-corrected chi connectivity index (χ0v) is 20.5. The quantitative estimate of drug-likeness (QED) is 0.524. The predicted octanol–water partition coefficient (Wildman–Crippen LogP) is 6.03. The molecule has 170 valence electrons. The fraction of sp³-hybridized carbons (Fsp3) is 0.407. The third kappa shape index (κ3) is 25.8. The first-order chi connectivity index (χ1) is 14.6. The lowest BCUT2D eigenvalue weighted by molar-refractivity contribution is 0.791. The van der Waals surface area contributed by atoms with Crippen LogP contribution in [-0.4, -0.2) is 20.1 Å². The van der Waals surface area contributed by atoms with Gasteiger partial charge in [-0.05, 0) is 58.5 Å². The van der Waals surface area contributed by atoms with Crippen molar-refractivity contribution in [3.8, 4) is 0 Å². The molecule has 0 bridgehead atoms. The minimum absolute atomic E-state index is 0.640. The van der Waals surface area contributed by atoms with E-state index in [9.17, 15) is 0 Å². The molecule has 0 aliphatic carbocycles. The van der Waals surface area contributed by atoms with Crippen LogP contribution in [-0.2, 0) is 13.0 Å². The Labute approximate surface area is 187 Å². The summed E-state index contributed by atoms with van der Waals surface area (Å²) in [7, 11) is 1.98. The van der Waals surface area contributed by atoms with Crippen molar-refractivity contribution in [3.63, 3.8) is 0 Å². The third-order valence-corrected chi connectivity index (χ3v) is 3.36. The highest BCUT2D eigenvalue weighted by atomic mass is 14.8. The average Bonchev–Trinajstić information content (AvgIpc) is 2.80. The van der Waals surface area contributed by atoms with Crippen LogP contribution in [0.3, 0.4) is 0 Å². The highest BCUT2D eigenvalue weighted by molar-refractivity contribution is 5.21. The summed E-state index contributed by atoms with van der Waals surface area (Å²) in [5.74, 6) is 0. The van der Waals surface area contributed by atoms with Gasteiger partial charge in [0.1, 0.15) is 0 Å². The van der Waals surface area contributed by atoms with E-state index in [1.165, 1.54) is 16.7 Å². The summed E-state index contributed by atoms with van der Waals surface area (Å²) in [4.78, 5) is 0. The predicted molar refractivity (Wildman–Crippen MR) is 139 cm³/mol. The van der Waals surface area contributed by atoms with Gasteiger partial charge in [0.05, 0.1) is 0 Å². The van der Waals surface area contributed by atoms with Gasteiger partial charge in [-0.25, -0.2) is 0 Å². The molecule has 0 radical (unpaired) electrons. The summed E-state index contributed by atoms with van der Waals surface area (Å²) in [6.45, 7) is 14.5. The molecule has 3 heteroatoms. The summed E-state index contributed by atoms with van der Waals surface area (Å²) in [6, 6.07) is 18.7. The van der Waals surface area contributed by atoms with E-state index in [1.807, 2.05) is 96.3 Å². The SMILES string of the molecule is C/C=C\C=C/C.CC.CCN.CNCCc1ccc(C)cc1.NCc1ccccc1. The van der Waals surface area contributed by atoms with Gasteiger partial charge in [0.15, 0.2) is 0 Å². The fourth-order valence-corrected chi connectivity index (χ4v) is 1.86. The van der Waals surface area contributed by atoms with Gasteiger partial charge in [-0.3, -0.25) is 0 Å². The second-order valence-corrected chi connectivity index (χ2v) is 5.99. The number of rotatable bonds is 5. The Hall–Kier alpha value is -2.20. The van der Waals surface area contributed by atoms with Gasteiger partial charge in [0.25, 0.3) is 0 Å². The smallest absolute Gasteiger partial charge is 0.0178 e. The molecule has 0 aliphatic heterocycles. The van der Waals surface area contributed by atoms with Crippen molar-refractivity contribution >= 4 is 0 Å². The fourth-order valence-electron chi connectivity index (χ4n) is 1.86. The maximum Gasteiger partial charge on any atom is 0.0178 e. The first-order valence-corrected chi connectivity index (χ1v) is 11.0. The van der Waals surface area contributed by atoms with Crippen LogP contribution in [0, 0.1) is 6.92 Å². The Morgan fingerprint density at radius 1 is 0.800 bits per heavy atom. The average molecular weight is 414 g/mol. The van der Waals surface area contributed by atoms with Crippen molar-refractivity contribution in [2.45, 2.75) is 54.5 Å². The highest BCUT2D eigenvalue weighted by Gasteiger charge is 1.89. The van der Waals surface area contributed by atoms with Crippen molar-refractivity contribution in [2.75, 3.05) is 20.1 Å². The zero-order valence-electron chi connectivity index (χ0n) is 20.5. The molecule has 0 saturated carbocycles. The lowest BCUT2D eigenvalue weighted by atomic mass is 10.1. The number of likely N-dealkylation sites (N-methyl/N-ethyl adjacent to an activating group) is 1. The standard InChI is InChI=1S/C10H15N.C7H9N.C6H10.C2H7N.C2H6/c1-9-3-5-10(6-4-9)7-8-11-2;8-6-7-4-2-1-3-5-7;1-3-5-6-4-2;1-2-3;1-2/h3-6,11H,7-8H2,1-2H3;1-5H,6,8H2;3-6H,1-2H3;2-3H2,1H3;1-2H3/b;;5-3-,6-4-;;. The lowest BCUT2D eigenvalue weighted by Gasteiger charge is -2.00. The molecule has 0 aliphatic rings. The highest BCUT2D eigenvalue weighted by Crippen LogP contribution is 2.02. The Bertz CT molecular complexity index is 577. The van der Waals surface area contributed by atoms with E-state index in [2.05, 4.69) is 36.5 Å². The molecule has 0 saturated heterocycles. The molecule has 0 aromatic heterocycles. The van der Waals surface area contributed by atoms with E-state index in [0.717, 1.165) is 19.5 Å². The van der Waals surface area contributed by atoms with Gasteiger partial charge in [0, 0.05) is 6.54 Å². The van der Waals surface area contributed by atoms with Crippen LogP contribution in [0.5, 0.6) is 0 Å². The van der Waals surface area contributed by atoms with E-state index < -0.39 is 0 Å². The molecule has 2 aromatic carbocycles. The summed E-state index contributed by atoms with van der Waals surface area (Å²) in [6.07, 6.45) is 9.12. The van der Waals surface area contributed by atoms with Crippen molar-refractivity contribution in [1.82, 2.24) is 5.32 Å². The second-order valence-electron chi connectivity index (χ2n) is 5.99. The minimum Gasteiger partial charge on any atom is -0.331 e. The van der Waals surface area contributed by atoms with Crippen LogP contribution < -0.4 is 16.8 Å². The molecule has 30 heavy (non-hydrogen) atoms. The normalized spacial score (nSPS) is 9.23. The van der Waals surface area contributed by atoms with Crippen LogP contribution in [0.1, 0.15) is 51.3 Å². The molecule has 0 atom stereocenters. The molecule has 0 spiro atoms. The van der Waals surface area contributed by atoms with E-state index in [-0.39, 0.29) is 0 Å². The van der Waals surface area contributed by atoms with Crippen LogP contribution in [0.25, 0.3) is 0 Å². The van der Waals surface area contributed by atoms with Gasteiger partial charge in [-0.1, -0.05) is 105 Å². The molecule has 2 aromatic rings. The first-order valence-electron chi connectivity index (χ1n) is 11.0. The Morgan fingerprint density at radius 2 is 1.27 bits per heavy atom. The topological polar surface area (TPSA) is 64.1 Å². The number of aryl methyl sites for hydroxylation is 1. The van der Waals surface area contributed by atoms with E-state index in [1.54, 1.807) is 0 Å². The number of hydrogen-bond acceptors (Lipinski definition) is 3. The maximum atomic E-state index is 5.35. The van der Waals surface area contributed by atoms with E-state index >= 15 is 0 Å². The van der Waals surface area contributed by atoms with Crippen LogP contribution in [0.4, 0.5) is 0 Å². The molecule has 3 nitrogen and oxygen atoms in total. The maximum absolute atomic E-state index is 5.35. The van der Waals surface area contributed by atoms with Gasteiger partial charge in [-0.15, -0.1) is 0 Å². The zero-order chi connectivity index (χ0) is 23.5. The van der Waals surface area contributed by atoms with Gasteiger partial charge in [0.2, 0.25) is 0 Å². The Balaban J connectivity index is -0.000000340. The van der Waals surface area contributed by atoms with E-state index in [4.69, 9.17) is 11.5 Å². The Morgan fingerprint density at radius 3 is 1.60 bits per heavy atom. The van der Waals surface area contributed by atoms with Crippen LogP contribution in [0.2, 0.25) is 0 Å². The van der Waals surface area contributed by atoms with Gasteiger partial charge in [-0.2, -0.15) is 0 Å². The molecule has 5 N–H and O–H groups in total. The monoisotopic (exact) mass is 413 g/mol. The Kier molecular flexibility index (Phi) is 31.4. The summed E-state index contributed by atoms with van der Waals surface area (Å²) >= 11 is 0. The molecule has 0 amide bonds. The number of allylic oxidation sites excluding steroid dienone is 4. The lowest BCUT2D eigenvalue weighted by Crippen LogP contribution is -2.10. The van der Waals surface area contributed by atoms with Gasteiger partial charge < -0.3 is 16.8 Å². The van der Waals surface area contributed by atoms with Gasteiger partial charge >= 0.3 is 0 Å². The molecule has 2 rings (SSSR count). The molecule has 0 fully saturated rings. The second kappa shape index (κ2) is 29.0. The van der Waals surface area contributed by atoms with Crippen molar-refractivity contribution in [2.24, 2.45) is 11.5 Å². The van der Waals surface area contributed by atoms with Crippen molar-refractivity contribution in [1.29, 1.82) is 0 Å². The van der Waals surface area contributed by atoms with Crippen LogP contribution >= 0.6 is 0 Å². The number of hydrogen-bond donors (Lipinski definition) is 3. The molecule has 0 unspecified atom stereocenters. The molecular weight excluding hydrogens is 366 g/mol. The largest absolute Gasteiger partial charge is 0.331 e. The molecular formula is C27H47N3.